The summed E-state index contributed by atoms with van der Waals surface area (Å²) in [6.07, 6.45) is 3.46. The number of anilines is 1. The zero-order chi connectivity index (χ0) is 21.5. The highest BCUT2D eigenvalue weighted by Crippen LogP contribution is 2.28. The second-order valence-corrected chi connectivity index (χ2v) is 7.59. The van der Waals surface area contributed by atoms with E-state index in [-0.39, 0.29) is 18.1 Å². The van der Waals surface area contributed by atoms with Crippen molar-refractivity contribution < 1.29 is 14.3 Å². The van der Waals surface area contributed by atoms with Gasteiger partial charge in [0.25, 0.3) is 0 Å². The van der Waals surface area contributed by atoms with E-state index in [0.29, 0.717) is 17.3 Å². The first kappa shape index (κ1) is 21.5. The number of nitrogens with zero attached hydrogens (tertiary/aromatic N) is 4. The van der Waals surface area contributed by atoms with Crippen LogP contribution in [0, 0.1) is 0 Å². The fourth-order valence-electron chi connectivity index (χ4n) is 2.78. The van der Waals surface area contributed by atoms with E-state index in [1.54, 1.807) is 14.0 Å². The Kier molecular flexibility index (Phi) is 7.18. The van der Waals surface area contributed by atoms with Gasteiger partial charge in [-0.15, -0.1) is 0 Å². The summed E-state index contributed by atoms with van der Waals surface area (Å²) in [5.74, 6) is -0.452. The Morgan fingerprint density at radius 3 is 2.67 bits per heavy atom. The number of amides is 1. The summed E-state index contributed by atoms with van der Waals surface area (Å²) in [5, 5.41) is 7.16. The van der Waals surface area contributed by atoms with Crippen LogP contribution in [0.5, 0.6) is 0 Å². The van der Waals surface area contributed by atoms with Crippen molar-refractivity contribution in [1.29, 1.82) is 0 Å². The molecule has 0 bridgehead atoms. The van der Waals surface area contributed by atoms with Crippen molar-refractivity contribution in [3.05, 3.63) is 54.5 Å². The van der Waals surface area contributed by atoms with Crippen LogP contribution in [0.15, 0.2) is 53.9 Å². The smallest absolute Gasteiger partial charge is 0.343 e. The van der Waals surface area contributed by atoms with Crippen LogP contribution in [0.2, 0.25) is 0 Å². The second-order valence-electron chi connectivity index (χ2n) is 6.36. The minimum atomic E-state index is -0.523. The molecule has 9 heteroatoms. The number of thioether (sulfide) groups is 1. The molecule has 1 aromatic carbocycles. The summed E-state index contributed by atoms with van der Waals surface area (Å²) in [4.78, 5) is 33.7. The molecule has 0 saturated heterocycles. The number of hydrogen-bond donors (Lipinski definition) is 1. The molecule has 0 radical (unpaired) electrons. The molecular weight excluding hydrogens is 402 g/mol. The fraction of sp³-hybridized carbons (Fsp3) is 0.286. The van der Waals surface area contributed by atoms with E-state index in [9.17, 15) is 9.59 Å². The molecule has 1 atom stereocenters. The fourth-order valence-corrected chi connectivity index (χ4v) is 3.69. The third-order valence-electron chi connectivity index (χ3n) is 4.31. The highest BCUT2D eigenvalue weighted by atomic mass is 32.2. The Morgan fingerprint density at radius 2 is 1.97 bits per heavy atom. The van der Waals surface area contributed by atoms with Crippen molar-refractivity contribution in [3.8, 4) is 11.3 Å². The average Bonchev–Trinajstić information content (AvgIpc) is 3.13. The van der Waals surface area contributed by atoms with Crippen molar-refractivity contribution in [3.63, 3.8) is 0 Å². The maximum atomic E-state index is 12.9. The van der Waals surface area contributed by atoms with Crippen LogP contribution in [-0.2, 0) is 16.6 Å². The van der Waals surface area contributed by atoms with Gasteiger partial charge in [0, 0.05) is 12.6 Å². The summed E-state index contributed by atoms with van der Waals surface area (Å²) >= 11 is 1.35. The molecule has 2 heterocycles. The molecule has 30 heavy (non-hydrogen) atoms. The Bertz CT molecular complexity index is 1020. The Labute approximate surface area is 179 Å². The molecule has 0 saturated carbocycles. The number of nitrogens with one attached hydrogen (secondary N) is 1. The number of esters is 1. The highest BCUT2D eigenvalue weighted by molar-refractivity contribution is 8.00. The maximum absolute atomic E-state index is 12.9. The van der Waals surface area contributed by atoms with Gasteiger partial charge in [0.2, 0.25) is 5.91 Å². The van der Waals surface area contributed by atoms with E-state index in [4.69, 9.17) is 4.74 Å². The number of carbonyl (C=O) groups excluding carboxylic acids is 2. The maximum Gasteiger partial charge on any atom is 0.343 e. The number of rotatable bonds is 8. The van der Waals surface area contributed by atoms with Gasteiger partial charge in [-0.1, -0.05) is 49.0 Å². The van der Waals surface area contributed by atoms with Gasteiger partial charge >= 0.3 is 5.97 Å². The lowest BCUT2D eigenvalue weighted by Gasteiger charge is -2.15. The number of hydrogen-bond acceptors (Lipinski definition) is 7. The van der Waals surface area contributed by atoms with E-state index in [0.717, 1.165) is 11.3 Å². The third kappa shape index (κ3) is 5.04. The Hall–Kier alpha value is -3.20. The second kappa shape index (κ2) is 10.0. The first-order valence-electron chi connectivity index (χ1n) is 9.57. The summed E-state index contributed by atoms with van der Waals surface area (Å²) in [6, 6.07) is 11.6. The SMILES string of the molecule is CCOC(=O)c1cnn(C)c1NC(=O)[C@@H](CC)Sc1cc(-c2ccccc2)ncn1. The number of benzene rings is 1. The van der Waals surface area contributed by atoms with Gasteiger partial charge in [-0.3, -0.25) is 9.48 Å². The molecule has 0 aliphatic heterocycles. The predicted octanol–water partition coefficient (Wildman–Crippen LogP) is 3.56. The lowest BCUT2D eigenvalue weighted by molar-refractivity contribution is -0.115. The average molecular weight is 426 g/mol. The minimum Gasteiger partial charge on any atom is -0.462 e. The summed E-state index contributed by atoms with van der Waals surface area (Å²) in [6.45, 7) is 3.89. The lowest BCUT2D eigenvalue weighted by Crippen LogP contribution is -2.27. The molecule has 2 aromatic heterocycles. The molecule has 156 valence electrons. The van der Waals surface area contributed by atoms with Gasteiger partial charge in [-0.2, -0.15) is 5.10 Å². The van der Waals surface area contributed by atoms with Crippen LogP contribution in [0.25, 0.3) is 11.3 Å². The van der Waals surface area contributed by atoms with Crippen molar-refractivity contribution in [2.24, 2.45) is 7.05 Å². The van der Waals surface area contributed by atoms with Crippen LogP contribution in [-0.4, -0.2) is 43.5 Å². The number of aryl methyl sites for hydroxylation is 1. The summed E-state index contributed by atoms with van der Waals surface area (Å²) in [5.41, 5.74) is 1.99. The van der Waals surface area contributed by atoms with Crippen molar-refractivity contribution in [2.75, 3.05) is 11.9 Å². The number of ether oxygens (including phenoxy) is 1. The minimum absolute atomic E-state index is 0.223. The van der Waals surface area contributed by atoms with Gasteiger partial charge in [-0.25, -0.2) is 14.8 Å². The quantitative estimate of drug-likeness (QED) is 0.335. The monoisotopic (exact) mass is 425 g/mol. The largest absolute Gasteiger partial charge is 0.462 e. The van der Waals surface area contributed by atoms with Crippen molar-refractivity contribution in [1.82, 2.24) is 19.7 Å². The van der Waals surface area contributed by atoms with Crippen LogP contribution in [0.3, 0.4) is 0 Å². The molecule has 0 unspecified atom stereocenters. The van der Waals surface area contributed by atoms with Crippen LogP contribution in [0.1, 0.15) is 30.6 Å². The highest BCUT2D eigenvalue weighted by Gasteiger charge is 2.24. The first-order valence-corrected chi connectivity index (χ1v) is 10.5. The predicted molar refractivity (Wildman–Crippen MR) is 115 cm³/mol. The van der Waals surface area contributed by atoms with Gasteiger partial charge in [0.15, 0.2) is 0 Å². The van der Waals surface area contributed by atoms with Gasteiger partial charge < -0.3 is 10.1 Å². The van der Waals surface area contributed by atoms with E-state index in [2.05, 4.69) is 20.4 Å². The first-order chi connectivity index (χ1) is 14.5. The Balaban J connectivity index is 1.75. The number of aromatic nitrogens is 4. The van der Waals surface area contributed by atoms with E-state index in [1.807, 2.05) is 43.3 Å². The Morgan fingerprint density at radius 1 is 1.20 bits per heavy atom. The van der Waals surface area contributed by atoms with E-state index < -0.39 is 11.2 Å². The molecule has 0 aliphatic carbocycles. The van der Waals surface area contributed by atoms with Gasteiger partial charge in [0.1, 0.15) is 22.7 Å². The van der Waals surface area contributed by atoms with Gasteiger partial charge in [-0.05, 0) is 19.4 Å². The molecule has 1 N–H and O–H groups in total. The molecule has 8 nitrogen and oxygen atoms in total. The molecular formula is C21H23N5O3S. The molecule has 0 fully saturated rings. The molecule has 3 rings (SSSR count). The van der Waals surface area contributed by atoms with E-state index in [1.165, 1.54) is 29.0 Å². The van der Waals surface area contributed by atoms with Crippen molar-refractivity contribution in [2.45, 2.75) is 30.5 Å². The topological polar surface area (TPSA) is 99.0 Å². The van der Waals surface area contributed by atoms with Crippen LogP contribution < -0.4 is 5.32 Å². The molecule has 0 aliphatic rings. The van der Waals surface area contributed by atoms with E-state index >= 15 is 0 Å². The lowest BCUT2D eigenvalue weighted by atomic mass is 10.1. The normalized spacial score (nSPS) is 11.7. The van der Waals surface area contributed by atoms with Crippen LogP contribution in [0.4, 0.5) is 5.82 Å². The molecule has 3 aromatic rings. The third-order valence-corrected chi connectivity index (χ3v) is 5.61. The zero-order valence-electron chi connectivity index (χ0n) is 17.0. The standard InChI is InChI=1S/C21H23N5O3S/c1-4-17(20(27)25-19-15(12-24-26(19)3)21(28)29-5-2)30-18-11-16(22-13-23-18)14-9-7-6-8-10-14/h6-13,17H,4-5H2,1-3H3,(H,25,27)/t17-/m1/s1. The zero-order valence-corrected chi connectivity index (χ0v) is 17.8. The van der Waals surface area contributed by atoms with Crippen LogP contribution >= 0.6 is 11.8 Å². The summed E-state index contributed by atoms with van der Waals surface area (Å²) in [7, 11) is 1.66. The van der Waals surface area contributed by atoms with Gasteiger partial charge in [0.05, 0.1) is 23.7 Å². The summed E-state index contributed by atoms with van der Waals surface area (Å²) < 4.78 is 6.48. The molecule has 0 spiro atoms. The van der Waals surface area contributed by atoms with Crippen molar-refractivity contribution >= 4 is 29.5 Å². The molecule has 1 amide bonds. The number of carbonyl (C=O) groups is 2.